The molecule has 0 bridgehead atoms. The number of carbonyl (C=O) groups is 3. The molecule has 0 atom stereocenters. The summed E-state index contributed by atoms with van der Waals surface area (Å²) in [6.45, 7) is 1.60. The number of rotatable bonds is 2. The first-order valence-electron chi connectivity index (χ1n) is 6.90. The van der Waals surface area contributed by atoms with Gasteiger partial charge in [0.25, 0.3) is 0 Å². The maximum absolute atomic E-state index is 12.2. The maximum atomic E-state index is 12.2. The summed E-state index contributed by atoms with van der Waals surface area (Å²) in [5.41, 5.74) is 5.82. The number of benzene rings is 1. The molecule has 8 nitrogen and oxygen atoms in total. The van der Waals surface area contributed by atoms with Crippen LogP contribution in [0.15, 0.2) is 18.2 Å². The largest absolute Gasteiger partial charge is 0.453 e. The van der Waals surface area contributed by atoms with Crippen LogP contribution in [-0.4, -0.2) is 61.1 Å². The first kappa shape index (κ1) is 16.9. The molecule has 1 aliphatic heterocycles. The minimum absolute atomic E-state index is 0.172. The van der Waals surface area contributed by atoms with Crippen molar-refractivity contribution in [1.29, 1.82) is 0 Å². The Morgan fingerprint density at radius 2 is 1.78 bits per heavy atom. The molecule has 23 heavy (non-hydrogen) atoms. The van der Waals surface area contributed by atoms with E-state index in [4.69, 9.17) is 17.3 Å². The third kappa shape index (κ3) is 4.04. The lowest BCUT2D eigenvalue weighted by Crippen LogP contribution is -2.51. The monoisotopic (exact) mass is 340 g/mol. The molecule has 3 N–H and O–H groups in total. The number of nitrogens with zero attached hydrogens (tertiary/aromatic N) is 2. The molecule has 4 amide bonds. The first-order valence-corrected chi connectivity index (χ1v) is 7.28. The second-order valence-corrected chi connectivity index (χ2v) is 5.34. The van der Waals surface area contributed by atoms with Crippen LogP contribution in [0, 0.1) is 0 Å². The van der Waals surface area contributed by atoms with E-state index in [9.17, 15) is 14.4 Å². The number of primary amides is 1. The number of urea groups is 1. The number of anilines is 1. The van der Waals surface area contributed by atoms with Crippen molar-refractivity contribution in [2.45, 2.75) is 0 Å². The van der Waals surface area contributed by atoms with Crippen LogP contribution in [0.4, 0.5) is 15.3 Å². The molecule has 9 heteroatoms. The normalized spacial score (nSPS) is 14.3. The van der Waals surface area contributed by atoms with Crippen LogP contribution >= 0.6 is 11.6 Å². The van der Waals surface area contributed by atoms with Gasteiger partial charge in [-0.15, -0.1) is 0 Å². The zero-order valence-corrected chi connectivity index (χ0v) is 13.3. The summed E-state index contributed by atoms with van der Waals surface area (Å²) in [6.07, 6.45) is -0.404. The van der Waals surface area contributed by atoms with Crippen molar-refractivity contribution in [3.63, 3.8) is 0 Å². The fourth-order valence-electron chi connectivity index (χ4n) is 2.22. The van der Waals surface area contributed by atoms with Crippen molar-refractivity contribution < 1.29 is 19.1 Å². The van der Waals surface area contributed by atoms with Crippen molar-refractivity contribution in [1.82, 2.24) is 9.80 Å². The lowest BCUT2D eigenvalue weighted by atomic mass is 10.2. The highest BCUT2D eigenvalue weighted by atomic mass is 35.5. The van der Waals surface area contributed by atoms with Gasteiger partial charge in [-0.05, 0) is 18.2 Å². The van der Waals surface area contributed by atoms with Crippen LogP contribution in [0.3, 0.4) is 0 Å². The molecular weight excluding hydrogens is 324 g/mol. The summed E-state index contributed by atoms with van der Waals surface area (Å²) in [5.74, 6) is -0.633. The molecule has 1 aromatic rings. The molecule has 0 unspecified atom stereocenters. The molecule has 1 heterocycles. The van der Waals surface area contributed by atoms with Crippen molar-refractivity contribution in [2.24, 2.45) is 5.73 Å². The summed E-state index contributed by atoms with van der Waals surface area (Å²) >= 11 is 5.94. The van der Waals surface area contributed by atoms with E-state index in [1.165, 1.54) is 24.1 Å². The Bertz CT molecular complexity index is 629. The summed E-state index contributed by atoms with van der Waals surface area (Å²) in [4.78, 5) is 37.8. The van der Waals surface area contributed by atoms with Crippen LogP contribution in [0.1, 0.15) is 10.4 Å². The molecule has 0 aromatic heterocycles. The van der Waals surface area contributed by atoms with Crippen LogP contribution < -0.4 is 11.1 Å². The minimum atomic E-state index is -0.633. The summed E-state index contributed by atoms with van der Waals surface area (Å²) in [7, 11) is 1.32. The number of nitrogens with one attached hydrogen (secondary N) is 1. The van der Waals surface area contributed by atoms with E-state index >= 15 is 0 Å². The van der Waals surface area contributed by atoms with Gasteiger partial charge >= 0.3 is 12.1 Å². The number of amides is 4. The molecule has 1 fully saturated rings. The highest BCUT2D eigenvalue weighted by Crippen LogP contribution is 2.21. The number of ether oxygens (including phenoxy) is 1. The van der Waals surface area contributed by atoms with Gasteiger partial charge in [0.1, 0.15) is 0 Å². The van der Waals surface area contributed by atoms with Crippen molar-refractivity contribution in [3.05, 3.63) is 28.8 Å². The second-order valence-electron chi connectivity index (χ2n) is 4.93. The summed E-state index contributed by atoms with van der Waals surface area (Å²) in [5, 5.41) is 2.86. The quantitative estimate of drug-likeness (QED) is 0.847. The molecular formula is C14H17ClN4O4. The first-order chi connectivity index (χ1) is 10.9. The highest BCUT2D eigenvalue weighted by molar-refractivity contribution is 6.34. The molecule has 0 radical (unpaired) electrons. The molecule has 0 saturated carbocycles. The molecule has 124 valence electrons. The summed E-state index contributed by atoms with van der Waals surface area (Å²) in [6, 6.07) is 4.16. The Balaban J connectivity index is 1.94. The molecule has 0 spiro atoms. The Kier molecular flexibility index (Phi) is 5.28. The van der Waals surface area contributed by atoms with E-state index in [1.54, 1.807) is 11.0 Å². The van der Waals surface area contributed by atoms with Gasteiger partial charge < -0.3 is 25.6 Å². The topological polar surface area (TPSA) is 105 Å². The van der Waals surface area contributed by atoms with Crippen LogP contribution in [-0.2, 0) is 4.74 Å². The fraction of sp³-hybridized carbons (Fsp3) is 0.357. The van der Waals surface area contributed by atoms with Gasteiger partial charge in [-0.25, -0.2) is 9.59 Å². The molecule has 1 saturated heterocycles. The molecule has 1 aliphatic rings. The maximum Gasteiger partial charge on any atom is 0.409 e. The highest BCUT2D eigenvalue weighted by Gasteiger charge is 2.24. The standard InChI is InChI=1S/C14H17ClN4O4/c1-23-14(22)19-6-4-18(5-7-19)13(21)17-9-2-3-10(12(16)20)11(15)8-9/h2-3,8H,4-7H2,1H3,(H2,16,20)(H,17,21). The van der Waals surface area contributed by atoms with E-state index in [2.05, 4.69) is 10.1 Å². The van der Waals surface area contributed by atoms with Crippen LogP contribution in [0.5, 0.6) is 0 Å². The lowest BCUT2D eigenvalue weighted by molar-refractivity contribution is 0.0990. The second kappa shape index (κ2) is 7.19. The van der Waals surface area contributed by atoms with E-state index < -0.39 is 12.0 Å². The number of methoxy groups -OCH3 is 1. The van der Waals surface area contributed by atoms with Crippen molar-refractivity contribution >= 4 is 35.3 Å². The number of hydrogen-bond donors (Lipinski definition) is 2. The minimum Gasteiger partial charge on any atom is -0.453 e. The smallest absolute Gasteiger partial charge is 0.409 e. The Hall–Kier alpha value is -2.48. The zero-order valence-electron chi connectivity index (χ0n) is 12.5. The molecule has 1 aromatic carbocycles. The Morgan fingerprint density at radius 1 is 1.17 bits per heavy atom. The predicted molar refractivity (Wildman–Crippen MR) is 84.5 cm³/mol. The number of piperazine rings is 1. The fourth-order valence-corrected chi connectivity index (χ4v) is 2.49. The number of halogens is 1. The summed E-state index contributed by atoms with van der Waals surface area (Å²) < 4.78 is 4.64. The Labute approximate surface area is 138 Å². The SMILES string of the molecule is COC(=O)N1CCN(C(=O)Nc2ccc(C(N)=O)c(Cl)c2)CC1. The van der Waals surface area contributed by atoms with Gasteiger partial charge in [0, 0.05) is 31.9 Å². The van der Waals surface area contributed by atoms with Gasteiger partial charge in [-0.3, -0.25) is 4.79 Å². The molecule has 0 aliphatic carbocycles. The van der Waals surface area contributed by atoms with Crippen LogP contribution in [0.25, 0.3) is 0 Å². The van der Waals surface area contributed by atoms with Crippen molar-refractivity contribution in [3.8, 4) is 0 Å². The predicted octanol–water partition coefficient (Wildman–Crippen LogP) is 1.35. The molecule has 2 rings (SSSR count). The lowest BCUT2D eigenvalue weighted by Gasteiger charge is -2.33. The van der Waals surface area contributed by atoms with Crippen molar-refractivity contribution in [2.75, 3.05) is 38.6 Å². The van der Waals surface area contributed by atoms with Gasteiger partial charge in [-0.1, -0.05) is 11.6 Å². The van der Waals surface area contributed by atoms with Gasteiger partial charge in [0.2, 0.25) is 5.91 Å². The van der Waals surface area contributed by atoms with Crippen LogP contribution in [0.2, 0.25) is 5.02 Å². The third-order valence-corrected chi connectivity index (χ3v) is 3.80. The average molecular weight is 341 g/mol. The van der Waals surface area contributed by atoms with E-state index in [-0.39, 0.29) is 16.6 Å². The zero-order chi connectivity index (χ0) is 17.0. The van der Waals surface area contributed by atoms with E-state index in [0.29, 0.717) is 31.9 Å². The number of carbonyl (C=O) groups excluding carboxylic acids is 3. The van der Waals surface area contributed by atoms with Gasteiger partial charge in [-0.2, -0.15) is 0 Å². The van der Waals surface area contributed by atoms with Gasteiger partial charge in [0.05, 0.1) is 17.7 Å². The Morgan fingerprint density at radius 3 is 2.30 bits per heavy atom. The van der Waals surface area contributed by atoms with E-state index in [1.807, 2.05) is 0 Å². The van der Waals surface area contributed by atoms with E-state index in [0.717, 1.165) is 0 Å². The number of hydrogen-bond acceptors (Lipinski definition) is 4. The average Bonchev–Trinajstić information content (AvgIpc) is 2.54. The number of nitrogens with two attached hydrogens (primary N) is 1. The van der Waals surface area contributed by atoms with Gasteiger partial charge in [0.15, 0.2) is 0 Å². The third-order valence-electron chi connectivity index (χ3n) is 3.49.